The monoisotopic (exact) mass is 244 g/mol. The molecule has 5 nitrogen and oxygen atoms in total. The van der Waals surface area contributed by atoms with E-state index in [9.17, 15) is 4.79 Å². The van der Waals surface area contributed by atoms with Gasteiger partial charge in [-0.2, -0.15) is 0 Å². The van der Waals surface area contributed by atoms with Gasteiger partial charge in [-0.05, 0) is 37.6 Å². The number of aryl methyl sites for hydroxylation is 1. The Hall–Kier alpha value is -2.30. The Balaban J connectivity index is 2.10. The maximum Gasteiger partial charge on any atom is 0.251 e. The molecule has 0 radical (unpaired) electrons. The smallest absolute Gasteiger partial charge is 0.251 e. The minimum atomic E-state index is -0.162. The standard InChI is InChI=1S/C13H16N4O/c1-8-7-10(3-4-11(8)14)13(18)17-9(2)12-15-5-6-16-12/h3-7,9H,14H2,1-2H3,(H,15,16)(H,17,18). The Kier molecular flexibility index (Phi) is 3.32. The lowest BCUT2D eigenvalue weighted by Crippen LogP contribution is -2.27. The molecule has 4 N–H and O–H groups in total. The maximum atomic E-state index is 12.0. The van der Waals surface area contributed by atoms with Crippen molar-refractivity contribution < 1.29 is 4.79 Å². The topological polar surface area (TPSA) is 83.8 Å². The van der Waals surface area contributed by atoms with E-state index in [0.717, 1.165) is 11.4 Å². The third-order valence-electron chi connectivity index (χ3n) is 2.81. The first-order valence-electron chi connectivity index (χ1n) is 5.74. The number of nitrogens with one attached hydrogen (secondary N) is 2. The first-order chi connectivity index (χ1) is 8.58. The summed E-state index contributed by atoms with van der Waals surface area (Å²) < 4.78 is 0. The van der Waals surface area contributed by atoms with E-state index in [0.29, 0.717) is 11.3 Å². The molecule has 18 heavy (non-hydrogen) atoms. The van der Waals surface area contributed by atoms with Gasteiger partial charge in [-0.3, -0.25) is 4.79 Å². The fourth-order valence-electron chi connectivity index (χ4n) is 1.68. The first-order valence-corrected chi connectivity index (χ1v) is 5.74. The van der Waals surface area contributed by atoms with Crippen LogP contribution in [-0.2, 0) is 0 Å². The molecule has 0 aliphatic heterocycles. The van der Waals surface area contributed by atoms with E-state index in [4.69, 9.17) is 5.73 Å². The Morgan fingerprint density at radius 1 is 1.50 bits per heavy atom. The summed E-state index contributed by atoms with van der Waals surface area (Å²) in [6, 6.07) is 5.07. The van der Waals surface area contributed by atoms with Gasteiger partial charge in [-0.1, -0.05) is 0 Å². The fraction of sp³-hybridized carbons (Fsp3) is 0.231. The zero-order valence-electron chi connectivity index (χ0n) is 10.4. The van der Waals surface area contributed by atoms with Crippen LogP contribution in [0.25, 0.3) is 0 Å². The zero-order valence-corrected chi connectivity index (χ0v) is 10.4. The molecule has 2 aromatic rings. The Morgan fingerprint density at radius 3 is 2.89 bits per heavy atom. The second-order valence-corrected chi connectivity index (χ2v) is 4.24. The number of hydrogen-bond donors (Lipinski definition) is 3. The van der Waals surface area contributed by atoms with E-state index in [2.05, 4.69) is 15.3 Å². The fourth-order valence-corrected chi connectivity index (χ4v) is 1.68. The van der Waals surface area contributed by atoms with Crippen molar-refractivity contribution in [2.75, 3.05) is 5.73 Å². The van der Waals surface area contributed by atoms with Crippen LogP contribution in [0.5, 0.6) is 0 Å². The van der Waals surface area contributed by atoms with Crippen LogP contribution < -0.4 is 11.1 Å². The maximum absolute atomic E-state index is 12.0. The van der Waals surface area contributed by atoms with Gasteiger partial charge in [0.2, 0.25) is 0 Å². The Labute approximate surface area is 105 Å². The molecule has 1 heterocycles. The van der Waals surface area contributed by atoms with E-state index < -0.39 is 0 Å². The third-order valence-corrected chi connectivity index (χ3v) is 2.81. The summed E-state index contributed by atoms with van der Waals surface area (Å²) in [7, 11) is 0. The highest BCUT2D eigenvalue weighted by molar-refractivity contribution is 5.95. The third kappa shape index (κ3) is 2.51. The molecule has 94 valence electrons. The number of nitrogens with zero attached hydrogens (tertiary/aromatic N) is 1. The van der Waals surface area contributed by atoms with Crippen molar-refractivity contribution in [3.8, 4) is 0 Å². The molecule has 0 aliphatic carbocycles. The Bertz CT molecular complexity index is 548. The van der Waals surface area contributed by atoms with Crippen LogP contribution in [0.2, 0.25) is 0 Å². The van der Waals surface area contributed by atoms with Gasteiger partial charge in [0.1, 0.15) is 5.82 Å². The molecule has 1 aromatic carbocycles. The highest BCUT2D eigenvalue weighted by Gasteiger charge is 2.13. The average molecular weight is 244 g/mol. The van der Waals surface area contributed by atoms with E-state index >= 15 is 0 Å². The minimum absolute atomic E-state index is 0.137. The summed E-state index contributed by atoms with van der Waals surface area (Å²) in [5, 5.41) is 2.87. The molecule has 0 spiro atoms. The highest BCUT2D eigenvalue weighted by atomic mass is 16.1. The van der Waals surface area contributed by atoms with Crippen LogP contribution in [0.3, 0.4) is 0 Å². The van der Waals surface area contributed by atoms with Gasteiger partial charge < -0.3 is 16.0 Å². The molecule has 0 saturated heterocycles. The molecular formula is C13H16N4O. The molecule has 0 aliphatic rings. The molecule has 1 atom stereocenters. The van der Waals surface area contributed by atoms with Crippen LogP contribution in [0, 0.1) is 6.92 Å². The summed E-state index contributed by atoms with van der Waals surface area (Å²) in [6.07, 6.45) is 3.39. The Morgan fingerprint density at radius 2 is 2.28 bits per heavy atom. The second kappa shape index (κ2) is 4.91. The summed E-state index contributed by atoms with van der Waals surface area (Å²) >= 11 is 0. The number of aromatic amines is 1. The number of carbonyl (C=O) groups is 1. The van der Waals surface area contributed by atoms with Gasteiger partial charge in [-0.15, -0.1) is 0 Å². The summed E-state index contributed by atoms with van der Waals surface area (Å²) in [6.45, 7) is 3.75. The molecule has 0 saturated carbocycles. The SMILES string of the molecule is Cc1cc(C(=O)NC(C)c2ncc[nH]2)ccc1N. The lowest BCUT2D eigenvalue weighted by molar-refractivity contribution is 0.0938. The molecule has 5 heteroatoms. The molecule has 0 fully saturated rings. The lowest BCUT2D eigenvalue weighted by atomic mass is 10.1. The van der Waals surface area contributed by atoms with Crippen molar-refractivity contribution in [1.82, 2.24) is 15.3 Å². The predicted molar refractivity (Wildman–Crippen MR) is 70.1 cm³/mol. The van der Waals surface area contributed by atoms with Crippen LogP contribution in [0.15, 0.2) is 30.6 Å². The van der Waals surface area contributed by atoms with Crippen LogP contribution in [0.4, 0.5) is 5.69 Å². The number of nitrogen functional groups attached to an aromatic ring is 1. The van der Waals surface area contributed by atoms with Gasteiger partial charge >= 0.3 is 0 Å². The van der Waals surface area contributed by atoms with Gasteiger partial charge in [0.05, 0.1) is 6.04 Å². The molecule has 2 rings (SSSR count). The lowest BCUT2D eigenvalue weighted by Gasteiger charge is -2.12. The number of carbonyl (C=O) groups excluding carboxylic acids is 1. The summed E-state index contributed by atoms with van der Waals surface area (Å²) in [5.41, 5.74) is 7.90. The number of hydrogen-bond acceptors (Lipinski definition) is 3. The van der Waals surface area contributed by atoms with E-state index in [1.807, 2.05) is 13.8 Å². The number of nitrogens with two attached hydrogens (primary N) is 1. The number of anilines is 1. The van der Waals surface area contributed by atoms with Crippen LogP contribution in [0.1, 0.15) is 34.7 Å². The number of amides is 1. The van der Waals surface area contributed by atoms with Gasteiger partial charge in [0.25, 0.3) is 5.91 Å². The molecule has 1 aromatic heterocycles. The quantitative estimate of drug-likeness (QED) is 0.720. The normalized spacial score (nSPS) is 12.1. The second-order valence-electron chi connectivity index (χ2n) is 4.24. The number of benzene rings is 1. The summed E-state index contributed by atoms with van der Waals surface area (Å²) in [4.78, 5) is 19.1. The zero-order chi connectivity index (χ0) is 13.1. The highest BCUT2D eigenvalue weighted by Crippen LogP contribution is 2.14. The molecular weight excluding hydrogens is 228 g/mol. The molecule has 1 unspecified atom stereocenters. The number of aromatic nitrogens is 2. The van der Waals surface area contributed by atoms with Gasteiger partial charge in [-0.25, -0.2) is 4.98 Å². The van der Waals surface area contributed by atoms with Crippen molar-refractivity contribution in [3.05, 3.63) is 47.5 Å². The number of H-pyrrole nitrogens is 1. The van der Waals surface area contributed by atoms with Crippen LogP contribution in [-0.4, -0.2) is 15.9 Å². The molecule has 1 amide bonds. The number of rotatable bonds is 3. The van der Waals surface area contributed by atoms with Crippen molar-refractivity contribution in [3.63, 3.8) is 0 Å². The largest absolute Gasteiger partial charge is 0.399 e. The first kappa shape index (κ1) is 12.2. The van der Waals surface area contributed by atoms with E-state index in [1.54, 1.807) is 30.6 Å². The van der Waals surface area contributed by atoms with Gasteiger partial charge in [0, 0.05) is 23.6 Å². The van der Waals surface area contributed by atoms with Crippen molar-refractivity contribution >= 4 is 11.6 Å². The average Bonchev–Trinajstić information content (AvgIpc) is 2.86. The number of imidazole rings is 1. The minimum Gasteiger partial charge on any atom is -0.399 e. The van der Waals surface area contributed by atoms with Gasteiger partial charge in [0.15, 0.2) is 0 Å². The van der Waals surface area contributed by atoms with Crippen LogP contribution >= 0.6 is 0 Å². The predicted octanol–water partition coefficient (Wildman–Crippen LogP) is 1.79. The van der Waals surface area contributed by atoms with Crippen molar-refractivity contribution in [2.24, 2.45) is 0 Å². The molecule has 0 bridgehead atoms. The summed E-state index contributed by atoms with van der Waals surface area (Å²) in [5.74, 6) is 0.595. The van der Waals surface area contributed by atoms with E-state index in [-0.39, 0.29) is 11.9 Å². The van der Waals surface area contributed by atoms with Crippen molar-refractivity contribution in [1.29, 1.82) is 0 Å². The van der Waals surface area contributed by atoms with Crippen molar-refractivity contribution in [2.45, 2.75) is 19.9 Å². The van der Waals surface area contributed by atoms with E-state index in [1.165, 1.54) is 0 Å².